The normalized spacial score (nSPS) is 11.2. The highest BCUT2D eigenvalue weighted by Crippen LogP contribution is 2.33. The molecule has 5 nitrogen and oxygen atoms in total. The number of nitrogens with zero attached hydrogens (tertiary/aromatic N) is 1. The Balaban J connectivity index is 1.98. The van der Waals surface area contributed by atoms with E-state index in [1.54, 1.807) is 13.3 Å². The minimum atomic E-state index is -0.181. The summed E-state index contributed by atoms with van der Waals surface area (Å²) in [6.07, 6.45) is 1.72. The van der Waals surface area contributed by atoms with Gasteiger partial charge in [0, 0.05) is 35.5 Å². The molecule has 0 saturated carbocycles. The van der Waals surface area contributed by atoms with E-state index in [2.05, 4.69) is 45.6 Å². The van der Waals surface area contributed by atoms with Gasteiger partial charge >= 0.3 is 0 Å². The third-order valence-electron chi connectivity index (χ3n) is 4.69. The van der Waals surface area contributed by atoms with E-state index in [9.17, 15) is 4.79 Å². The minimum absolute atomic E-state index is 0.181. The quantitative estimate of drug-likeness (QED) is 0.559. The number of hydrogen-bond donors (Lipinski definition) is 2. The standard InChI is InChI=1S/C22H21N3O2/c1-3-23-22(26)21-17(13-27-2)20-16-11-15(14-7-5-4-6-8-14)9-10-18(16)25-19(20)12-24-21/h4-12,25H,3,13H2,1-2H3,(H,23,26). The molecule has 2 N–H and O–H groups in total. The number of amides is 1. The van der Waals surface area contributed by atoms with E-state index < -0.39 is 0 Å². The fourth-order valence-electron chi connectivity index (χ4n) is 3.50. The van der Waals surface area contributed by atoms with Crippen molar-refractivity contribution >= 4 is 27.7 Å². The topological polar surface area (TPSA) is 67.0 Å². The van der Waals surface area contributed by atoms with Crippen LogP contribution in [0.5, 0.6) is 0 Å². The summed E-state index contributed by atoms with van der Waals surface area (Å²) in [6.45, 7) is 2.76. The largest absolute Gasteiger partial charge is 0.380 e. The average Bonchev–Trinajstić information content (AvgIpc) is 3.07. The van der Waals surface area contributed by atoms with Gasteiger partial charge in [0.2, 0.25) is 0 Å². The summed E-state index contributed by atoms with van der Waals surface area (Å²) >= 11 is 0. The Morgan fingerprint density at radius 2 is 1.93 bits per heavy atom. The molecule has 0 atom stereocenters. The lowest BCUT2D eigenvalue weighted by Gasteiger charge is -2.10. The van der Waals surface area contributed by atoms with Crippen molar-refractivity contribution in [1.29, 1.82) is 0 Å². The fourth-order valence-corrected chi connectivity index (χ4v) is 3.50. The number of aromatic nitrogens is 2. The van der Waals surface area contributed by atoms with Gasteiger partial charge in [0.05, 0.1) is 18.3 Å². The lowest BCUT2D eigenvalue weighted by atomic mass is 10.0. The van der Waals surface area contributed by atoms with E-state index in [-0.39, 0.29) is 5.91 Å². The molecule has 0 bridgehead atoms. The summed E-state index contributed by atoms with van der Waals surface area (Å²) in [7, 11) is 1.63. The van der Waals surface area contributed by atoms with Crippen LogP contribution in [0.2, 0.25) is 0 Å². The third-order valence-corrected chi connectivity index (χ3v) is 4.69. The van der Waals surface area contributed by atoms with Crippen molar-refractivity contribution in [2.24, 2.45) is 0 Å². The molecule has 2 heterocycles. The van der Waals surface area contributed by atoms with Crippen LogP contribution in [0.4, 0.5) is 0 Å². The number of H-pyrrole nitrogens is 1. The van der Waals surface area contributed by atoms with Crippen LogP contribution in [0.15, 0.2) is 54.7 Å². The monoisotopic (exact) mass is 359 g/mol. The van der Waals surface area contributed by atoms with Crippen LogP contribution in [0.25, 0.3) is 32.9 Å². The molecule has 1 amide bonds. The molecule has 0 aliphatic heterocycles. The zero-order valence-electron chi connectivity index (χ0n) is 15.4. The Morgan fingerprint density at radius 3 is 2.67 bits per heavy atom. The number of fused-ring (bicyclic) bond motifs is 3. The zero-order chi connectivity index (χ0) is 18.8. The minimum Gasteiger partial charge on any atom is -0.380 e. The molecule has 27 heavy (non-hydrogen) atoms. The Kier molecular flexibility index (Phi) is 4.60. The van der Waals surface area contributed by atoms with E-state index in [0.29, 0.717) is 18.8 Å². The van der Waals surface area contributed by atoms with Crippen molar-refractivity contribution in [3.63, 3.8) is 0 Å². The van der Waals surface area contributed by atoms with Gasteiger partial charge in [0.1, 0.15) is 5.69 Å². The molecular weight excluding hydrogens is 338 g/mol. The predicted molar refractivity (Wildman–Crippen MR) is 108 cm³/mol. The van der Waals surface area contributed by atoms with Crippen LogP contribution in [-0.2, 0) is 11.3 Å². The number of nitrogens with one attached hydrogen (secondary N) is 2. The molecule has 2 aromatic heterocycles. The number of benzene rings is 2. The number of pyridine rings is 1. The Hall–Kier alpha value is -3.18. The van der Waals surface area contributed by atoms with Crippen molar-refractivity contribution in [1.82, 2.24) is 15.3 Å². The molecule has 0 saturated heterocycles. The fraction of sp³-hybridized carbons (Fsp3) is 0.182. The highest BCUT2D eigenvalue weighted by atomic mass is 16.5. The van der Waals surface area contributed by atoms with Crippen LogP contribution >= 0.6 is 0 Å². The molecule has 4 aromatic rings. The Morgan fingerprint density at radius 1 is 1.11 bits per heavy atom. The summed E-state index contributed by atoms with van der Waals surface area (Å²) in [5.74, 6) is -0.181. The number of ether oxygens (including phenoxy) is 1. The first-order valence-electron chi connectivity index (χ1n) is 8.98. The molecule has 4 rings (SSSR count). The Labute approximate surface area is 157 Å². The summed E-state index contributed by atoms with van der Waals surface area (Å²) in [6, 6.07) is 16.6. The predicted octanol–water partition coefficient (Wildman–Crippen LogP) is 4.28. The van der Waals surface area contributed by atoms with Gasteiger partial charge in [0.25, 0.3) is 5.91 Å². The van der Waals surface area contributed by atoms with Gasteiger partial charge in [0.15, 0.2) is 0 Å². The maximum absolute atomic E-state index is 12.5. The molecule has 5 heteroatoms. The van der Waals surface area contributed by atoms with Crippen LogP contribution in [0.3, 0.4) is 0 Å². The first kappa shape index (κ1) is 17.2. The van der Waals surface area contributed by atoms with Crippen LogP contribution < -0.4 is 5.32 Å². The number of aromatic amines is 1. The van der Waals surface area contributed by atoms with E-state index in [4.69, 9.17) is 4.74 Å². The van der Waals surface area contributed by atoms with E-state index >= 15 is 0 Å². The Bertz CT molecular complexity index is 1120. The first-order chi connectivity index (χ1) is 13.2. The van der Waals surface area contributed by atoms with Crippen LogP contribution in [0.1, 0.15) is 23.0 Å². The number of hydrogen-bond acceptors (Lipinski definition) is 3. The van der Waals surface area contributed by atoms with Crippen molar-refractivity contribution < 1.29 is 9.53 Å². The number of rotatable bonds is 5. The van der Waals surface area contributed by atoms with Gasteiger partial charge in [-0.05, 0) is 30.2 Å². The van der Waals surface area contributed by atoms with E-state index in [0.717, 1.165) is 38.5 Å². The van der Waals surface area contributed by atoms with Gasteiger partial charge in [-0.1, -0.05) is 36.4 Å². The summed E-state index contributed by atoms with van der Waals surface area (Å²) in [4.78, 5) is 20.3. The zero-order valence-corrected chi connectivity index (χ0v) is 15.4. The van der Waals surface area contributed by atoms with Crippen molar-refractivity contribution in [2.45, 2.75) is 13.5 Å². The number of methoxy groups -OCH3 is 1. The molecular formula is C22H21N3O2. The van der Waals surface area contributed by atoms with E-state index in [1.807, 2.05) is 25.1 Å². The van der Waals surface area contributed by atoms with E-state index in [1.165, 1.54) is 0 Å². The third kappa shape index (κ3) is 3.06. The molecule has 0 radical (unpaired) electrons. The maximum Gasteiger partial charge on any atom is 0.270 e. The molecule has 0 fully saturated rings. The van der Waals surface area contributed by atoms with Crippen molar-refractivity contribution in [2.75, 3.05) is 13.7 Å². The maximum atomic E-state index is 12.5. The van der Waals surface area contributed by atoms with Gasteiger partial charge in [-0.3, -0.25) is 4.79 Å². The van der Waals surface area contributed by atoms with Gasteiger partial charge in [-0.15, -0.1) is 0 Å². The molecule has 0 spiro atoms. The van der Waals surface area contributed by atoms with Crippen LogP contribution in [-0.4, -0.2) is 29.5 Å². The van der Waals surface area contributed by atoms with Crippen molar-refractivity contribution in [3.05, 3.63) is 66.0 Å². The molecule has 2 aromatic carbocycles. The first-order valence-corrected chi connectivity index (χ1v) is 8.98. The number of carbonyl (C=O) groups excluding carboxylic acids is 1. The smallest absolute Gasteiger partial charge is 0.270 e. The lowest BCUT2D eigenvalue weighted by molar-refractivity contribution is 0.0946. The molecule has 0 aliphatic carbocycles. The van der Waals surface area contributed by atoms with Gasteiger partial charge in [-0.2, -0.15) is 0 Å². The molecule has 0 aliphatic rings. The SMILES string of the molecule is CCNC(=O)c1ncc2[nH]c3ccc(-c4ccccc4)cc3c2c1COC. The molecule has 136 valence electrons. The highest BCUT2D eigenvalue weighted by molar-refractivity contribution is 6.12. The second kappa shape index (κ2) is 7.21. The second-order valence-electron chi connectivity index (χ2n) is 6.42. The average molecular weight is 359 g/mol. The van der Waals surface area contributed by atoms with Crippen molar-refractivity contribution in [3.8, 4) is 11.1 Å². The highest BCUT2D eigenvalue weighted by Gasteiger charge is 2.19. The summed E-state index contributed by atoms with van der Waals surface area (Å²) in [5.41, 5.74) is 5.41. The van der Waals surface area contributed by atoms with Gasteiger partial charge < -0.3 is 15.0 Å². The summed E-state index contributed by atoms with van der Waals surface area (Å²) < 4.78 is 5.40. The molecule has 0 unspecified atom stereocenters. The number of carbonyl (C=O) groups is 1. The second-order valence-corrected chi connectivity index (χ2v) is 6.42. The van der Waals surface area contributed by atoms with Crippen LogP contribution in [0, 0.1) is 0 Å². The van der Waals surface area contributed by atoms with Gasteiger partial charge in [-0.25, -0.2) is 4.98 Å². The lowest BCUT2D eigenvalue weighted by Crippen LogP contribution is -2.25. The summed E-state index contributed by atoms with van der Waals surface area (Å²) in [5, 5.41) is 4.88.